The topological polar surface area (TPSA) is 79.5 Å². The summed E-state index contributed by atoms with van der Waals surface area (Å²) in [5.41, 5.74) is 6.91. The minimum Gasteiger partial charge on any atom is -0.395 e. The number of rotatable bonds is 4. The molecule has 1 amide bonds. The molecule has 0 spiro atoms. The molecule has 2 rings (SSSR count). The third-order valence-electron chi connectivity index (χ3n) is 2.81. The van der Waals surface area contributed by atoms with Gasteiger partial charge in [-0.3, -0.25) is 4.79 Å². The Kier molecular flexibility index (Phi) is 3.28. The van der Waals surface area contributed by atoms with Crippen molar-refractivity contribution in [2.45, 2.75) is 25.8 Å². The monoisotopic (exact) mass is 235 g/mol. The van der Waals surface area contributed by atoms with Gasteiger partial charge in [0.1, 0.15) is 5.82 Å². The van der Waals surface area contributed by atoms with E-state index in [0.717, 1.165) is 18.5 Å². The second-order valence-electron chi connectivity index (χ2n) is 4.38. The highest BCUT2D eigenvalue weighted by atomic mass is 16.3. The molecule has 92 valence electrons. The van der Waals surface area contributed by atoms with Crippen molar-refractivity contribution in [3.63, 3.8) is 0 Å². The van der Waals surface area contributed by atoms with Crippen molar-refractivity contribution >= 4 is 11.7 Å². The molecule has 0 saturated heterocycles. The number of aryl methyl sites for hydroxylation is 1. The number of aromatic nitrogens is 1. The third-order valence-corrected chi connectivity index (χ3v) is 2.81. The minimum atomic E-state index is -0.0706. The molecular weight excluding hydrogens is 218 g/mol. The van der Waals surface area contributed by atoms with Crippen molar-refractivity contribution in [2.75, 3.05) is 18.9 Å². The van der Waals surface area contributed by atoms with Crippen molar-refractivity contribution in [3.8, 4) is 0 Å². The molecular formula is C12H17N3O2. The fourth-order valence-corrected chi connectivity index (χ4v) is 1.93. The molecule has 1 aromatic heterocycles. The fourth-order valence-electron chi connectivity index (χ4n) is 1.93. The van der Waals surface area contributed by atoms with Gasteiger partial charge in [0.05, 0.1) is 6.61 Å². The van der Waals surface area contributed by atoms with Crippen LogP contribution in [0.2, 0.25) is 0 Å². The first-order valence-electron chi connectivity index (χ1n) is 5.78. The van der Waals surface area contributed by atoms with E-state index in [1.807, 2.05) is 0 Å². The van der Waals surface area contributed by atoms with E-state index in [4.69, 9.17) is 10.8 Å². The predicted octanol–water partition coefficient (Wildman–Crippen LogP) is 0.569. The second-order valence-corrected chi connectivity index (χ2v) is 4.38. The van der Waals surface area contributed by atoms with Gasteiger partial charge in [0.2, 0.25) is 0 Å². The summed E-state index contributed by atoms with van der Waals surface area (Å²) in [7, 11) is 0. The molecule has 3 N–H and O–H groups in total. The maximum absolute atomic E-state index is 12.3. The summed E-state index contributed by atoms with van der Waals surface area (Å²) in [6, 6.07) is 3.59. The maximum Gasteiger partial charge on any atom is 0.254 e. The fraction of sp³-hybridized carbons (Fsp3) is 0.500. The molecule has 1 aliphatic rings. The van der Waals surface area contributed by atoms with Gasteiger partial charge in [-0.05, 0) is 31.9 Å². The van der Waals surface area contributed by atoms with E-state index in [1.165, 1.54) is 0 Å². The first-order chi connectivity index (χ1) is 8.11. The Labute approximate surface area is 100 Å². The molecule has 1 aliphatic carbocycles. The van der Waals surface area contributed by atoms with Crippen molar-refractivity contribution in [1.29, 1.82) is 0 Å². The van der Waals surface area contributed by atoms with Crippen LogP contribution in [-0.4, -0.2) is 40.1 Å². The van der Waals surface area contributed by atoms with Crippen molar-refractivity contribution in [3.05, 3.63) is 23.4 Å². The van der Waals surface area contributed by atoms with E-state index in [9.17, 15) is 4.79 Å². The van der Waals surface area contributed by atoms with Gasteiger partial charge in [0.25, 0.3) is 5.91 Å². The van der Waals surface area contributed by atoms with Crippen LogP contribution < -0.4 is 5.73 Å². The Morgan fingerprint density at radius 3 is 2.82 bits per heavy atom. The first kappa shape index (κ1) is 11.9. The Morgan fingerprint density at radius 1 is 1.59 bits per heavy atom. The van der Waals surface area contributed by atoms with Crippen LogP contribution in [0, 0.1) is 6.92 Å². The number of pyridine rings is 1. The third kappa shape index (κ3) is 2.74. The highest BCUT2D eigenvalue weighted by Gasteiger charge is 2.32. The normalized spacial score (nSPS) is 14.7. The highest BCUT2D eigenvalue weighted by Crippen LogP contribution is 2.28. The summed E-state index contributed by atoms with van der Waals surface area (Å²) in [5.74, 6) is 0.284. The van der Waals surface area contributed by atoms with Gasteiger partial charge in [-0.2, -0.15) is 0 Å². The van der Waals surface area contributed by atoms with Gasteiger partial charge in [-0.25, -0.2) is 4.98 Å². The number of amides is 1. The lowest BCUT2D eigenvalue weighted by molar-refractivity contribution is 0.0707. The van der Waals surface area contributed by atoms with Crippen LogP contribution in [0.1, 0.15) is 28.9 Å². The molecule has 0 bridgehead atoms. The standard InChI is InChI=1S/C12H17N3O2/c1-8-6-9(7-11(13)14-8)12(17)15(4-5-16)10-2-3-10/h6-7,10,16H,2-5H2,1H3,(H2,13,14). The number of anilines is 1. The van der Waals surface area contributed by atoms with Crippen LogP contribution >= 0.6 is 0 Å². The first-order valence-corrected chi connectivity index (χ1v) is 5.78. The average Bonchev–Trinajstić information content (AvgIpc) is 3.07. The summed E-state index contributed by atoms with van der Waals surface area (Å²) >= 11 is 0. The Hall–Kier alpha value is -1.62. The smallest absolute Gasteiger partial charge is 0.254 e. The van der Waals surface area contributed by atoms with Gasteiger partial charge in [0.15, 0.2) is 0 Å². The lowest BCUT2D eigenvalue weighted by atomic mass is 10.2. The van der Waals surface area contributed by atoms with Gasteiger partial charge in [-0.15, -0.1) is 0 Å². The van der Waals surface area contributed by atoms with Crippen molar-refractivity contribution in [2.24, 2.45) is 0 Å². The van der Waals surface area contributed by atoms with Crippen LogP contribution in [-0.2, 0) is 0 Å². The van der Waals surface area contributed by atoms with E-state index in [-0.39, 0.29) is 18.6 Å². The number of nitrogen functional groups attached to an aromatic ring is 1. The van der Waals surface area contributed by atoms with Gasteiger partial charge in [0, 0.05) is 23.8 Å². The number of aliphatic hydroxyl groups is 1. The van der Waals surface area contributed by atoms with E-state index in [1.54, 1.807) is 24.0 Å². The number of aliphatic hydroxyl groups excluding tert-OH is 1. The number of hydrogen-bond donors (Lipinski definition) is 2. The van der Waals surface area contributed by atoms with Gasteiger partial charge < -0.3 is 15.7 Å². The molecule has 1 heterocycles. The summed E-state index contributed by atoms with van der Waals surface area (Å²) in [6.45, 7) is 2.17. The molecule has 0 unspecified atom stereocenters. The van der Waals surface area contributed by atoms with Crippen LogP contribution in [0.3, 0.4) is 0 Å². The number of nitrogens with two attached hydrogens (primary N) is 1. The Morgan fingerprint density at radius 2 is 2.29 bits per heavy atom. The predicted molar refractivity (Wildman–Crippen MR) is 64.5 cm³/mol. The summed E-state index contributed by atoms with van der Waals surface area (Å²) in [4.78, 5) is 18.0. The van der Waals surface area contributed by atoms with E-state index in [0.29, 0.717) is 17.9 Å². The Balaban J connectivity index is 2.21. The molecule has 17 heavy (non-hydrogen) atoms. The minimum absolute atomic E-state index is 0.0121. The number of carbonyl (C=O) groups is 1. The maximum atomic E-state index is 12.3. The van der Waals surface area contributed by atoms with Crippen LogP contribution in [0.25, 0.3) is 0 Å². The molecule has 0 atom stereocenters. The molecule has 0 aliphatic heterocycles. The van der Waals surface area contributed by atoms with Gasteiger partial charge in [-0.1, -0.05) is 0 Å². The van der Waals surface area contributed by atoms with Crippen molar-refractivity contribution < 1.29 is 9.90 Å². The number of carbonyl (C=O) groups excluding carboxylic acids is 1. The van der Waals surface area contributed by atoms with E-state index in [2.05, 4.69) is 4.98 Å². The molecule has 1 aromatic rings. The quantitative estimate of drug-likeness (QED) is 0.799. The lowest BCUT2D eigenvalue weighted by Crippen LogP contribution is -2.35. The molecule has 1 fully saturated rings. The van der Waals surface area contributed by atoms with Crippen LogP contribution in [0.15, 0.2) is 12.1 Å². The van der Waals surface area contributed by atoms with Crippen molar-refractivity contribution in [1.82, 2.24) is 9.88 Å². The van der Waals surface area contributed by atoms with Crippen LogP contribution in [0.5, 0.6) is 0 Å². The molecule has 5 nitrogen and oxygen atoms in total. The molecule has 1 saturated carbocycles. The highest BCUT2D eigenvalue weighted by molar-refractivity contribution is 5.95. The zero-order valence-corrected chi connectivity index (χ0v) is 9.89. The SMILES string of the molecule is Cc1cc(C(=O)N(CCO)C2CC2)cc(N)n1. The summed E-state index contributed by atoms with van der Waals surface area (Å²) in [5, 5.41) is 8.99. The zero-order chi connectivity index (χ0) is 12.4. The Bertz CT molecular complexity index is 410. The molecule has 0 radical (unpaired) electrons. The number of hydrogen-bond acceptors (Lipinski definition) is 4. The molecule has 5 heteroatoms. The summed E-state index contributed by atoms with van der Waals surface area (Å²) < 4.78 is 0. The summed E-state index contributed by atoms with van der Waals surface area (Å²) in [6.07, 6.45) is 2.04. The van der Waals surface area contributed by atoms with E-state index < -0.39 is 0 Å². The van der Waals surface area contributed by atoms with Crippen LogP contribution in [0.4, 0.5) is 5.82 Å². The van der Waals surface area contributed by atoms with E-state index >= 15 is 0 Å². The largest absolute Gasteiger partial charge is 0.395 e. The lowest BCUT2D eigenvalue weighted by Gasteiger charge is -2.21. The average molecular weight is 235 g/mol. The molecule has 0 aromatic carbocycles. The number of nitrogens with zero attached hydrogens (tertiary/aromatic N) is 2. The van der Waals surface area contributed by atoms with Gasteiger partial charge >= 0.3 is 0 Å². The second kappa shape index (κ2) is 4.71. The zero-order valence-electron chi connectivity index (χ0n) is 9.89.